The number of nitro groups is 1. The molecule has 2 rings (SSSR count). The van der Waals surface area contributed by atoms with Gasteiger partial charge >= 0.3 is 5.69 Å². The molecule has 2 heterocycles. The van der Waals surface area contributed by atoms with Crippen molar-refractivity contribution in [2.45, 2.75) is 18.9 Å². The first-order valence-electron chi connectivity index (χ1n) is 5.96. The minimum Gasteiger partial charge on any atom is -0.373 e. The van der Waals surface area contributed by atoms with Crippen molar-refractivity contribution in [2.75, 3.05) is 24.2 Å². The zero-order valence-corrected chi connectivity index (χ0v) is 10.5. The first kappa shape index (κ1) is 13.1. The summed E-state index contributed by atoms with van der Waals surface area (Å²) in [4.78, 5) is 25.7. The summed E-state index contributed by atoms with van der Waals surface area (Å²) in [6, 6.07) is 2.91. The van der Waals surface area contributed by atoms with E-state index in [9.17, 15) is 14.9 Å². The molecule has 1 atom stereocenters. The lowest BCUT2D eigenvalue weighted by molar-refractivity contribution is -0.384. The van der Waals surface area contributed by atoms with E-state index < -0.39 is 4.92 Å². The van der Waals surface area contributed by atoms with Crippen LogP contribution in [0.5, 0.6) is 0 Å². The van der Waals surface area contributed by atoms with E-state index in [0.717, 1.165) is 0 Å². The van der Waals surface area contributed by atoms with Crippen LogP contribution in [-0.2, 0) is 4.79 Å². The van der Waals surface area contributed by atoms with E-state index in [1.54, 1.807) is 13.1 Å². The van der Waals surface area contributed by atoms with E-state index in [2.05, 4.69) is 20.9 Å². The zero-order valence-electron chi connectivity index (χ0n) is 10.5. The molecule has 0 spiro atoms. The van der Waals surface area contributed by atoms with Gasteiger partial charge in [0.25, 0.3) is 0 Å². The molecule has 1 aromatic rings. The summed E-state index contributed by atoms with van der Waals surface area (Å²) in [6.07, 6.45) is 1.05. The van der Waals surface area contributed by atoms with Gasteiger partial charge in [-0.3, -0.25) is 14.9 Å². The van der Waals surface area contributed by atoms with Crippen LogP contribution in [0.4, 0.5) is 17.3 Å². The van der Waals surface area contributed by atoms with E-state index in [-0.39, 0.29) is 23.5 Å². The number of carbonyl (C=O) groups is 1. The molecule has 1 aliphatic heterocycles. The van der Waals surface area contributed by atoms with E-state index in [0.29, 0.717) is 25.2 Å². The Labute approximate surface area is 109 Å². The third-order valence-electron chi connectivity index (χ3n) is 2.93. The van der Waals surface area contributed by atoms with Gasteiger partial charge in [-0.25, -0.2) is 4.98 Å². The van der Waals surface area contributed by atoms with Crippen LogP contribution in [-0.4, -0.2) is 35.4 Å². The molecule has 8 nitrogen and oxygen atoms in total. The van der Waals surface area contributed by atoms with E-state index in [4.69, 9.17) is 0 Å². The van der Waals surface area contributed by atoms with Gasteiger partial charge in [0.1, 0.15) is 5.82 Å². The van der Waals surface area contributed by atoms with Gasteiger partial charge in [0, 0.05) is 32.1 Å². The van der Waals surface area contributed by atoms with Crippen molar-refractivity contribution in [3.8, 4) is 0 Å². The molecular weight excluding hydrogens is 250 g/mol. The largest absolute Gasteiger partial charge is 0.373 e. The smallest absolute Gasteiger partial charge is 0.311 e. The fraction of sp³-hybridized carbons (Fsp3) is 0.455. The lowest BCUT2D eigenvalue weighted by Crippen LogP contribution is -2.42. The lowest BCUT2D eigenvalue weighted by atomic mass is 10.1. The number of pyridine rings is 1. The lowest BCUT2D eigenvalue weighted by Gasteiger charge is -2.23. The number of amides is 1. The highest BCUT2D eigenvalue weighted by atomic mass is 16.6. The molecular formula is C11H15N5O3. The minimum atomic E-state index is -0.476. The number of nitrogens with zero attached hydrogens (tertiary/aromatic N) is 2. The second-order valence-corrected chi connectivity index (χ2v) is 4.26. The maximum absolute atomic E-state index is 11.1. The molecule has 1 amide bonds. The van der Waals surface area contributed by atoms with Gasteiger partial charge in [-0.2, -0.15) is 0 Å². The normalized spacial score (nSPS) is 18.6. The van der Waals surface area contributed by atoms with E-state index in [1.165, 1.54) is 6.07 Å². The molecule has 0 aliphatic carbocycles. The Morgan fingerprint density at radius 2 is 2.32 bits per heavy atom. The summed E-state index contributed by atoms with van der Waals surface area (Å²) in [7, 11) is 1.69. The van der Waals surface area contributed by atoms with Gasteiger partial charge in [-0.1, -0.05) is 0 Å². The third kappa shape index (κ3) is 3.09. The molecule has 0 aromatic carbocycles. The zero-order chi connectivity index (χ0) is 13.8. The molecule has 0 radical (unpaired) electrons. The SMILES string of the molecule is CNc1ccc([N+](=O)[O-])c(NC2CCC(=O)NC2)n1. The molecule has 1 saturated heterocycles. The molecule has 1 aromatic heterocycles. The predicted molar refractivity (Wildman–Crippen MR) is 70.1 cm³/mol. The maximum atomic E-state index is 11.1. The first-order chi connectivity index (χ1) is 9.10. The predicted octanol–water partition coefficient (Wildman–Crippen LogP) is 0.722. The summed E-state index contributed by atoms with van der Waals surface area (Å²) >= 11 is 0. The average molecular weight is 265 g/mol. The standard InChI is InChI=1S/C11H15N5O3/c1-12-9-4-3-8(16(18)19)11(15-9)14-7-2-5-10(17)13-6-7/h3-4,7H,2,5-6H2,1H3,(H,13,17)(H2,12,14,15). The summed E-state index contributed by atoms with van der Waals surface area (Å²) < 4.78 is 0. The summed E-state index contributed by atoms with van der Waals surface area (Å²) in [5, 5.41) is 19.5. The van der Waals surface area contributed by atoms with Crippen LogP contribution in [0.3, 0.4) is 0 Å². The number of aromatic nitrogens is 1. The topological polar surface area (TPSA) is 109 Å². The second kappa shape index (κ2) is 5.51. The second-order valence-electron chi connectivity index (χ2n) is 4.26. The summed E-state index contributed by atoms with van der Waals surface area (Å²) in [5.74, 6) is 0.774. The highest BCUT2D eigenvalue weighted by Crippen LogP contribution is 2.25. The Kier molecular flexibility index (Phi) is 3.79. The van der Waals surface area contributed by atoms with Crippen LogP contribution in [0.2, 0.25) is 0 Å². The van der Waals surface area contributed by atoms with Crippen molar-refractivity contribution in [3.05, 3.63) is 22.2 Å². The number of carbonyl (C=O) groups excluding carboxylic acids is 1. The van der Waals surface area contributed by atoms with Crippen LogP contribution in [0.15, 0.2) is 12.1 Å². The fourth-order valence-corrected chi connectivity index (χ4v) is 1.89. The fourth-order valence-electron chi connectivity index (χ4n) is 1.89. The van der Waals surface area contributed by atoms with Crippen LogP contribution >= 0.6 is 0 Å². The summed E-state index contributed by atoms with van der Waals surface area (Å²) in [6.45, 7) is 0.446. The Morgan fingerprint density at radius 3 is 2.89 bits per heavy atom. The van der Waals surface area contributed by atoms with Crippen molar-refractivity contribution >= 4 is 23.2 Å². The van der Waals surface area contributed by atoms with Crippen molar-refractivity contribution in [1.29, 1.82) is 0 Å². The number of hydrogen-bond donors (Lipinski definition) is 3. The van der Waals surface area contributed by atoms with E-state index >= 15 is 0 Å². The molecule has 3 N–H and O–H groups in total. The molecule has 0 bridgehead atoms. The number of anilines is 2. The molecule has 19 heavy (non-hydrogen) atoms. The van der Waals surface area contributed by atoms with Crippen LogP contribution in [0, 0.1) is 10.1 Å². The van der Waals surface area contributed by atoms with Gasteiger partial charge in [0.05, 0.1) is 4.92 Å². The van der Waals surface area contributed by atoms with Crippen LogP contribution < -0.4 is 16.0 Å². The average Bonchev–Trinajstić information content (AvgIpc) is 2.41. The number of rotatable bonds is 4. The van der Waals surface area contributed by atoms with Gasteiger partial charge in [-0.05, 0) is 12.5 Å². The van der Waals surface area contributed by atoms with Gasteiger partial charge < -0.3 is 16.0 Å². The monoisotopic (exact) mass is 265 g/mol. The van der Waals surface area contributed by atoms with E-state index in [1.807, 2.05) is 0 Å². The number of nitrogens with one attached hydrogen (secondary N) is 3. The quantitative estimate of drug-likeness (QED) is 0.546. The van der Waals surface area contributed by atoms with Crippen LogP contribution in [0.1, 0.15) is 12.8 Å². The highest BCUT2D eigenvalue weighted by molar-refractivity contribution is 5.77. The first-order valence-corrected chi connectivity index (χ1v) is 5.96. The Morgan fingerprint density at radius 1 is 1.53 bits per heavy atom. The molecule has 0 saturated carbocycles. The van der Waals surface area contributed by atoms with Gasteiger partial charge in [-0.15, -0.1) is 0 Å². The Bertz CT molecular complexity index is 495. The third-order valence-corrected chi connectivity index (χ3v) is 2.93. The highest BCUT2D eigenvalue weighted by Gasteiger charge is 2.22. The molecule has 1 fully saturated rings. The maximum Gasteiger partial charge on any atom is 0.311 e. The molecule has 8 heteroatoms. The van der Waals surface area contributed by atoms with Crippen molar-refractivity contribution in [2.24, 2.45) is 0 Å². The van der Waals surface area contributed by atoms with Crippen molar-refractivity contribution in [3.63, 3.8) is 0 Å². The Balaban J connectivity index is 2.17. The van der Waals surface area contributed by atoms with Gasteiger partial charge in [0.2, 0.25) is 11.7 Å². The molecule has 1 aliphatic rings. The minimum absolute atomic E-state index is 0.00415. The van der Waals surface area contributed by atoms with Crippen molar-refractivity contribution in [1.82, 2.24) is 10.3 Å². The Hall–Kier alpha value is -2.38. The number of hydrogen-bond acceptors (Lipinski definition) is 6. The molecule has 1 unspecified atom stereocenters. The molecule has 102 valence electrons. The number of piperidine rings is 1. The van der Waals surface area contributed by atoms with Crippen molar-refractivity contribution < 1.29 is 9.72 Å². The summed E-state index contributed by atoms with van der Waals surface area (Å²) in [5.41, 5.74) is -0.0732. The van der Waals surface area contributed by atoms with Crippen LogP contribution in [0.25, 0.3) is 0 Å². The van der Waals surface area contributed by atoms with Gasteiger partial charge in [0.15, 0.2) is 0 Å².